The lowest BCUT2D eigenvalue weighted by Gasteiger charge is -2.25. The Balaban J connectivity index is 2.60. The predicted octanol–water partition coefficient (Wildman–Crippen LogP) is -0.630. The standard InChI is InChI=1S/C9H16N2O3/c1-3-11(7-4-5-10-6-7)8(12)9(13)14-2/h7,10H,3-6H2,1-2H3. The summed E-state index contributed by atoms with van der Waals surface area (Å²) in [5, 5.41) is 3.15. The number of likely N-dealkylation sites (N-methyl/N-ethyl adjacent to an activating group) is 1. The van der Waals surface area contributed by atoms with Gasteiger partial charge in [-0.1, -0.05) is 0 Å². The molecule has 0 radical (unpaired) electrons. The van der Waals surface area contributed by atoms with Gasteiger partial charge in [-0.2, -0.15) is 0 Å². The smallest absolute Gasteiger partial charge is 0.396 e. The molecule has 14 heavy (non-hydrogen) atoms. The number of hydrogen-bond donors (Lipinski definition) is 1. The summed E-state index contributed by atoms with van der Waals surface area (Å²) in [6, 6.07) is 0.131. The van der Waals surface area contributed by atoms with E-state index in [1.165, 1.54) is 7.11 Å². The van der Waals surface area contributed by atoms with Gasteiger partial charge in [0.25, 0.3) is 0 Å². The molecular formula is C9H16N2O3. The van der Waals surface area contributed by atoms with E-state index in [9.17, 15) is 9.59 Å². The van der Waals surface area contributed by atoms with Gasteiger partial charge in [-0.15, -0.1) is 0 Å². The molecule has 0 aromatic carbocycles. The lowest BCUT2D eigenvalue weighted by Crippen LogP contribution is -2.45. The highest BCUT2D eigenvalue weighted by molar-refractivity contribution is 6.32. The van der Waals surface area contributed by atoms with E-state index >= 15 is 0 Å². The minimum Gasteiger partial charge on any atom is -0.462 e. The summed E-state index contributed by atoms with van der Waals surface area (Å²) in [5.74, 6) is -1.32. The summed E-state index contributed by atoms with van der Waals surface area (Å²) >= 11 is 0. The van der Waals surface area contributed by atoms with E-state index in [1.807, 2.05) is 6.92 Å². The van der Waals surface area contributed by atoms with Crippen LogP contribution in [0.5, 0.6) is 0 Å². The van der Waals surface area contributed by atoms with Crippen molar-refractivity contribution in [2.75, 3.05) is 26.7 Å². The molecule has 1 aliphatic rings. The first kappa shape index (κ1) is 11.0. The van der Waals surface area contributed by atoms with Gasteiger partial charge in [-0.05, 0) is 19.9 Å². The second-order valence-electron chi connectivity index (χ2n) is 3.23. The first-order chi connectivity index (χ1) is 6.70. The fraction of sp³-hybridized carbons (Fsp3) is 0.778. The Hall–Kier alpha value is -1.10. The van der Waals surface area contributed by atoms with E-state index < -0.39 is 11.9 Å². The monoisotopic (exact) mass is 200 g/mol. The minimum absolute atomic E-state index is 0.131. The van der Waals surface area contributed by atoms with Crippen molar-refractivity contribution >= 4 is 11.9 Å². The molecule has 1 saturated heterocycles. The van der Waals surface area contributed by atoms with Crippen molar-refractivity contribution in [3.8, 4) is 0 Å². The highest BCUT2D eigenvalue weighted by atomic mass is 16.5. The number of ether oxygens (including phenoxy) is 1. The van der Waals surface area contributed by atoms with Crippen molar-refractivity contribution in [2.24, 2.45) is 0 Å². The second-order valence-corrected chi connectivity index (χ2v) is 3.23. The molecule has 1 heterocycles. The van der Waals surface area contributed by atoms with Gasteiger partial charge in [0.05, 0.1) is 7.11 Å². The summed E-state index contributed by atoms with van der Waals surface area (Å²) in [5.41, 5.74) is 0. The van der Waals surface area contributed by atoms with Crippen LogP contribution < -0.4 is 5.32 Å². The zero-order valence-corrected chi connectivity index (χ0v) is 8.58. The summed E-state index contributed by atoms with van der Waals surface area (Å²) in [6.07, 6.45) is 0.899. The van der Waals surface area contributed by atoms with Crippen LogP contribution >= 0.6 is 0 Å². The van der Waals surface area contributed by atoms with Gasteiger partial charge < -0.3 is 15.0 Å². The average Bonchev–Trinajstić information content (AvgIpc) is 2.71. The van der Waals surface area contributed by atoms with Crippen LogP contribution in [0.3, 0.4) is 0 Å². The zero-order chi connectivity index (χ0) is 10.6. The quantitative estimate of drug-likeness (QED) is 0.476. The van der Waals surface area contributed by atoms with Gasteiger partial charge >= 0.3 is 11.9 Å². The maximum absolute atomic E-state index is 11.5. The number of rotatable bonds is 2. The normalized spacial score (nSPS) is 20.6. The molecule has 1 amide bonds. The largest absolute Gasteiger partial charge is 0.462 e. The molecule has 5 heteroatoms. The summed E-state index contributed by atoms with van der Waals surface area (Å²) < 4.78 is 4.40. The summed E-state index contributed by atoms with van der Waals surface area (Å²) in [6.45, 7) is 4.06. The van der Waals surface area contributed by atoms with E-state index in [-0.39, 0.29) is 6.04 Å². The number of esters is 1. The average molecular weight is 200 g/mol. The third-order valence-corrected chi connectivity index (χ3v) is 2.44. The molecule has 0 spiro atoms. The van der Waals surface area contributed by atoms with Gasteiger partial charge in [-0.25, -0.2) is 4.79 Å². The number of nitrogens with zero attached hydrogens (tertiary/aromatic N) is 1. The molecular weight excluding hydrogens is 184 g/mol. The number of carbonyl (C=O) groups excluding carboxylic acids is 2. The molecule has 1 unspecified atom stereocenters. The molecule has 1 atom stereocenters. The molecule has 0 saturated carbocycles. The van der Waals surface area contributed by atoms with Gasteiger partial charge in [0.2, 0.25) is 0 Å². The first-order valence-corrected chi connectivity index (χ1v) is 4.80. The van der Waals surface area contributed by atoms with Crippen molar-refractivity contribution in [1.29, 1.82) is 0 Å². The Morgan fingerprint density at radius 1 is 1.57 bits per heavy atom. The molecule has 1 rings (SSSR count). The number of amides is 1. The van der Waals surface area contributed by atoms with Crippen molar-refractivity contribution in [3.05, 3.63) is 0 Å². The van der Waals surface area contributed by atoms with E-state index in [0.29, 0.717) is 6.54 Å². The van der Waals surface area contributed by atoms with Crippen molar-refractivity contribution in [2.45, 2.75) is 19.4 Å². The molecule has 0 aliphatic carbocycles. The Morgan fingerprint density at radius 3 is 2.71 bits per heavy atom. The predicted molar refractivity (Wildman–Crippen MR) is 50.7 cm³/mol. The molecule has 0 bridgehead atoms. The molecule has 5 nitrogen and oxygen atoms in total. The van der Waals surface area contributed by atoms with Crippen molar-refractivity contribution < 1.29 is 14.3 Å². The van der Waals surface area contributed by atoms with Crippen molar-refractivity contribution in [3.63, 3.8) is 0 Å². The molecule has 1 aliphatic heterocycles. The molecule has 1 N–H and O–H groups in total. The van der Waals surface area contributed by atoms with Gasteiger partial charge in [0, 0.05) is 19.1 Å². The topological polar surface area (TPSA) is 58.6 Å². The number of carbonyl (C=O) groups is 2. The van der Waals surface area contributed by atoms with Crippen LogP contribution in [0.25, 0.3) is 0 Å². The molecule has 1 fully saturated rings. The maximum Gasteiger partial charge on any atom is 0.396 e. The van der Waals surface area contributed by atoms with Crippen LogP contribution in [-0.4, -0.2) is 49.6 Å². The van der Waals surface area contributed by atoms with E-state index in [0.717, 1.165) is 19.5 Å². The van der Waals surface area contributed by atoms with Gasteiger partial charge in [0.1, 0.15) is 0 Å². The zero-order valence-electron chi connectivity index (χ0n) is 8.58. The minimum atomic E-state index is -0.779. The highest BCUT2D eigenvalue weighted by Gasteiger charge is 2.29. The number of hydrogen-bond acceptors (Lipinski definition) is 4. The second kappa shape index (κ2) is 4.95. The maximum atomic E-state index is 11.5. The van der Waals surface area contributed by atoms with Crippen LogP contribution in [0, 0.1) is 0 Å². The number of methoxy groups -OCH3 is 1. The Kier molecular flexibility index (Phi) is 3.88. The van der Waals surface area contributed by atoms with Crippen LogP contribution in [0.1, 0.15) is 13.3 Å². The first-order valence-electron chi connectivity index (χ1n) is 4.80. The Labute approximate surface area is 83.4 Å². The van der Waals surface area contributed by atoms with Crippen molar-refractivity contribution in [1.82, 2.24) is 10.2 Å². The summed E-state index contributed by atoms with van der Waals surface area (Å²) in [7, 11) is 1.22. The van der Waals surface area contributed by atoms with Crippen LogP contribution in [0.4, 0.5) is 0 Å². The lowest BCUT2D eigenvalue weighted by molar-refractivity contribution is -0.159. The highest BCUT2D eigenvalue weighted by Crippen LogP contribution is 2.08. The SMILES string of the molecule is CCN(C(=O)C(=O)OC)C1CCNC1. The Morgan fingerprint density at radius 2 is 2.29 bits per heavy atom. The fourth-order valence-electron chi connectivity index (χ4n) is 1.68. The van der Waals surface area contributed by atoms with E-state index in [1.54, 1.807) is 4.90 Å². The summed E-state index contributed by atoms with van der Waals surface area (Å²) in [4.78, 5) is 24.1. The third kappa shape index (κ3) is 2.23. The fourth-order valence-corrected chi connectivity index (χ4v) is 1.68. The Bertz CT molecular complexity index is 224. The van der Waals surface area contributed by atoms with Gasteiger partial charge in [0.15, 0.2) is 0 Å². The van der Waals surface area contributed by atoms with E-state index in [4.69, 9.17) is 0 Å². The number of nitrogens with one attached hydrogen (secondary N) is 1. The van der Waals surface area contributed by atoms with Gasteiger partial charge in [-0.3, -0.25) is 4.79 Å². The third-order valence-electron chi connectivity index (χ3n) is 2.44. The van der Waals surface area contributed by atoms with Crippen LogP contribution in [-0.2, 0) is 14.3 Å². The molecule has 80 valence electrons. The molecule has 0 aromatic heterocycles. The van der Waals surface area contributed by atoms with Crippen LogP contribution in [0.2, 0.25) is 0 Å². The van der Waals surface area contributed by atoms with Crippen LogP contribution in [0.15, 0.2) is 0 Å². The molecule has 0 aromatic rings. The lowest BCUT2D eigenvalue weighted by atomic mass is 10.2. The van der Waals surface area contributed by atoms with E-state index in [2.05, 4.69) is 10.1 Å².